The summed E-state index contributed by atoms with van der Waals surface area (Å²) in [7, 11) is 0. The van der Waals surface area contributed by atoms with Crippen LogP contribution in [0.3, 0.4) is 0 Å². The van der Waals surface area contributed by atoms with Gasteiger partial charge in [-0.3, -0.25) is 9.69 Å². The molecular formula is C18H14FN3OS. The lowest BCUT2D eigenvalue weighted by molar-refractivity contribution is -0.122. The van der Waals surface area contributed by atoms with Crippen molar-refractivity contribution in [3.63, 3.8) is 0 Å². The van der Waals surface area contributed by atoms with Crippen molar-refractivity contribution >= 4 is 34.6 Å². The third-order valence-electron chi connectivity index (χ3n) is 3.87. The molecule has 2 heterocycles. The summed E-state index contributed by atoms with van der Waals surface area (Å²) < 4.78 is 13.0. The van der Waals surface area contributed by atoms with Gasteiger partial charge in [-0.15, -0.1) is 0 Å². The van der Waals surface area contributed by atoms with Crippen molar-refractivity contribution in [1.82, 2.24) is 4.90 Å². The number of para-hydroxylation sites is 1. The predicted octanol–water partition coefficient (Wildman–Crippen LogP) is 3.53. The Morgan fingerprint density at radius 3 is 2.58 bits per heavy atom. The van der Waals surface area contributed by atoms with Gasteiger partial charge in [0.1, 0.15) is 18.2 Å². The largest absolute Gasteiger partial charge is 0.343 e. The van der Waals surface area contributed by atoms with Gasteiger partial charge < -0.3 is 4.90 Å². The summed E-state index contributed by atoms with van der Waals surface area (Å²) in [6.07, 6.45) is 1.69. The number of rotatable bonds is 2. The first-order chi connectivity index (χ1) is 11.7. The lowest BCUT2D eigenvalue weighted by atomic mass is 10.2. The van der Waals surface area contributed by atoms with Crippen LogP contribution in [0.5, 0.6) is 0 Å². The summed E-state index contributed by atoms with van der Waals surface area (Å²) in [4.78, 5) is 20.9. The van der Waals surface area contributed by atoms with Crippen LogP contribution in [0.4, 0.5) is 10.1 Å². The van der Waals surface area contributed by atoms with E-state index in [4.69, 9.17) is 0 Å². The molecule has 2 aliphatic heterocycles. The molecule has 2 aromatic rings. The number of anilines is 1. The van der Waals surface area contributed by atoms with Crippen molar-refractivity contribution in [3.05, 3.63) is 71.7 Å². The number of hydrogen-bond donors (Lipinski definition) is 0. The van der Waals surface area contributed by atoms with E-state index < -0.39 is 0 Å². The van der Waals surface area contributed by atoms with Gasteiger partial charge in [0.05, 0.1) is 5.88 Å². The second-order valence-electron chi connectivity index (χ2n) is 5.50. The highest BCUT2D eigenvalue weighted by molar-refractivity contribution is 8.14. The Morgan fingerprint density at radius 2 is 1.83 bits per heavy atom. The molecule has 0 saturated carbocycles. The van der Waals surface area contributed by atoms with Crippen LogP contribution in [0.2, 0.25) is 0 Å². The predicted molar refractivity (Wildman–Crippen MR) is 94.9 cm³/mol. The van der Waals surface area contributed by atoms with Crippen molar-refractivity contribution in [2.45, 2.75) is 0 Å². The van der Waals surface area contributed by atoms with Crippen molar-refractivity contribution in [2.24, 2.45) is 4.99 Å². The fourth-order valence-electron chi connectivity index (χ4n) is 2.62. The summed E-state index contributed by atoms with van der Waals surface area (Å²) in [6, 6.07) is 16.0. The summed E-state index contributed by atoms with van der Waals surface area (Å²) in [5.41, 5.74) is 2.22. The number of carbonyl (C=O) groups is 1. The van der Waals surface area contributed by atoms with Gasteiger partial charge in [-0.05, 0) is 35.9 Å². The number of halogens is 1. The van der Waals surface area contributed by atoms with E-state index in [1.54, 1.807) is 23.1 Å². The highest BCUT2D eigenvalue weighted by atomic mass is 32.2. The van der Waals surface area contributed by atoms with Crippen molar-refractivity contribution in [1.29, 1.82) is 0 Å². The van der Waals surface area contributed by atoms with E-state index >= 15 is 0 Å². The first kappa shape index (κ1) is 15.0. The molecule has 2 aromatic carbocycles. The molecule has 2 aliphatic rings. The maximum atomic E-state index is 13.0. The summed E-state index contributed by atoms with van der Waals surface area (Å²) >= 11 is 1.54. The molecule has 4 rings (SSSR count). The first-order valence-corrected chi connectivity index (χ1v) is 8.50. The minimum atomic E-state index is -0.298. The van der Waals surface area contributed by atoms with Gasteiger partial charge in [0, 0.05) is 5.69 Å². The number of hydrogen-bond acceptors (Lipinski definition) is 4. The van der Waals surface area contributed by atoms with Gasteiger partial charge in [-0.1, -0.05) is 42.1 Å². The van der Waals surface area contributed by atoms with Crippen LogP contribution in [0.1, 0.15) is 5.56 Å². The molecule has 0 aliphatic carbocycles. The quantitative estimate of drug-likeness (QED) is 0.785. The molecule has 0 N–H and O–H groups in total. The topological polar surface area (TPSA) is 35.9 Å². The second-order valence-corrected chi connectivity index (χ2v) is 6.41. The second kappa shape index (κ2) is 6.13. The molecule has 6 heteroatoms. The Morgan fingerprint density at radius 1 is 1.08 bits per heavy atom. The van der Waals surface area contributed by atoms with E-state index in [1.807, 2.05) is 30.3 Å². The molecule has 0 atom stereocenters. The number of fused-ring (bicyclic) bond motifs is 1. The zero-order valence-corrected chi connectivity index (χ0v) is 13.5. The molecule has 1 fully saturated rings. The normalized spacial score (nSPS) is 18.8. The number of aliphatic imine (C=N–C) groups is 1. The fraction of sp³-hybridized carbons (Fsp3) is 0.111. The number of thioether (sulfide) groups is 1. The fourth-order valence-corrected chi connectivity index (χ4v) is 3.59. The van der Waals surface area contributed by atoms with Crippen molar-refractivity contribution < 1.29 is 9.18 Å². The minimum Gasteiger partial charge on any atom is -0.343 e. The lowest BCUT2D eigenvalue weighted by Gasteiger charge is -2.34. The van der Waals surface area contributed by atoms with Gasteiger partial charge in [0.25, 0.3) is 5.91 Å². The van der Waals surface area contributed by atoms with Crippen LogP contribution >= 0.6 is 11.8 Å². The number of amides is 1. The van der Waals surface area contributed by atoms with Gasteiger partial charge >= 0.3 is 0 Å². The minimum absolute atomic E-state index is 0.123. The first-order valence-electron chi connectivity index (χ1n) is 7.51. The lowest BCUT2D eigenvalue weighted by Crippen LogP contribution is -2.46. The Hall–Kier alpha value is -2.60. The highest BCUT2D eigenvalue weighted by Crippen LogP contribution is 2.30. The van der Waals surface area contributed by atoms with Crippen LogP contribution in [0, 0.1) is 5.82 Å². The molecule has 0 unspecified atom stereocenters. The highest BCUT2D eigenvalue weighted by Gasteiger charge is 2.35. The zero-order chi connectivity index (χ0) is 16.5. The van der Waals surface area contributed by atoms with E-state index in [2.05, 4.69) is 9.89 Å². The Kier molecular flexibility index (Phi) is 3.82. The third kappa shape index (κ3) is 2.80. The molecule has 1 amide bonds. The number of amidine groups is 1. The number of nitrogens with zero attached hydrogens (tertiary/aromatic N) is 3. The van der Waals surface area contributed by atoms with Gasteiger partial charge in [0.15, 0.2) is 5.17 Å². The average Bonchev–Trinajstić information content (AvgIpc) is 2.93. The molecule has 24 heavy (non-hydrogen) atoms. The van der Waals surface area contributed by atoms with E-state index in [9.17, 15) is 9.18 Å². The Labute approximate surface area is 143 Å². The van der Waals surface area contributed by atoms with E-state index in [0.29, 0.717) is 12.4 Å². The monoisotopic (exact) mass is 339 g/mol. The molecule has 0 radical (unpaired) electrons. The molecular weight excluding hydrogens is 325 g/mol. The van der Waals surface area contributed by atoms with E-state index in [0.717, 1.165) is 22.3 Å². The molecule has 1 saturated heterocycles. The SMILES string of the molecule is O=C1/C(=C/c2ccc(F)cc2)N=C2SCN(c3ccccc3)CN12. The smallest absolute Gasteiger partial charge is 0.280 e. The van der Waals surface area contributed by atoms with Crippen molar-refractivity contribution in [3.8, 4) is 0 Å². The summed E-state index contributed by atoms with van der Waals surface area (Å²) in [6.45, 7) is 0.482. The summed E-state index contributed by atoms with van der Waals surface area (Å²) in [5, 5.41) is 0.723. The molecule has 120 valence electrons. The number of benzene rings is 2. The average molecular weight is 339 g/mol. The van der Waals surface area contributed by atoms with E-state index in [-0.39, 0.29) is 11.7 Å². The van der Waals surface area contributed by atoms with Crippen LogP contribution < -0.4 is 4.90 Å². The standard InChI is InChI=1S/C18H14FN3OS/c19-14-8-6-13(7-9-14)10-16-17(23)22-11-21(12-24-18(22)20-16)15-4-2-1-3-5-15/h1-10H,11-12H2/b16-10-. The Bertz CT molecular complexity index is 833. The van der Waals surface area contributed by atoms with Gasteiger partial charge in [-0.2, -0.15) is 0 Å². The van der Waals surface area contributed by atoms with Crippen LogP contribution in [0.15, 0.2) is 65.3 Å². The van der Waals surface area contributed by atoms with Gasteiger partial charge in [0.2, 0.25) is 0 Å². The van der Waals surface area contributed by atoms with Crippen LogP contribution in [-0.4, -0.2) is 28.5 Å². The maximum absolute atomic E-state index is 13.0. The summed E-state index contributed by atoms with van der Waals surface area (Å²) in [5.74, 6) is 0.325. The van der Waals surface area contributed by atoms with Crippen molar-refractivity contribution in [2.75, 3.05) is 17.4 Å². The number of carbonyl (C=O) groups excluding carboxylic acids is 1. The molecule has 4 nitrogen and oxygen atoms in total. The zero-order valence-electron chi connectivity index (χ0n) is 12.7. The molecule has 0 aromatic heterocycles. The van der Waals surface area contributed by atoms with Crippen LogP contribution in [-0.2, 0) is 4.79 Å². The Balaban J connectivity index is 1.56. The van der Waals surface area contributed by atoms with Crippen LogP contribution in [0.25, 0.3) is 6.08 Å². The maximum Gasteiger partial charge on any atom is 0.280 e. The van der Waals surface area contributed by atoms with Gasteiger partial charge in [-0.25, -0.2) is 9.38 Å². The third-order valence-corrected chi connectivity index (χ3v) is 4.88. The van der Waals surface area contributed by atoms with E-state index in [1.165, 1.54) is 23.9 Å². The molecule has 0 spiro atoms. The molecule has 0 bridgehead atoms.